The van der Waals surface area contributed by atoms with Crippen molar-refractivity contribution < 1.29 is 14.7 Å². The minimum Gasteiger partial charge on any atom is -0.481 e. The van der Waals surface area contributed by atoms with Crippen LogP contribution in [0.2, 0.25) is 0 Å². The van der Waals surface area contributed by atoms with Crippen molar-refractivity contribution in [3.8, 4) is 0 Å². The summed E-state index contributed by atoms with van der Waals surface area (Å²) >= 11 is 0. The predicted octanol–water partition coefficient (Wildman–Crippen LogP) is 1.83. The van der Waals surface area contributed by atoms with Gasteiger partial charge in [0.15, 0.2) is 0 Å². The van der Waals surface area contributed by atoms with Crippen molar-refractivity contribution >= 4 is 12.0 Å². The second-order valence-electron chi connectivity index (χ2n) is 4.71. The highest BCUT2D eigenvalue weighted by Gasteiger charge is 2.40. The Morgan fingerprint density at radius 1 is 1.35 bits per heavy atom. The third kappa shape index (κ3) is 3.61. The number of carbonyl (C=O) groups excluding carboxylic acids is 1. The van der Waals surface area contributed by atoms with Crippen molar-refractivity contribution in [3.05, 3.63) is 0 Å². The number of nitrogens with one attached hydrogen (secondary N) is 1. The minimum atomic E-state index is -0.844. The zero-order chi connectivity index (χ0) is 12.9. The summed E-state index contributed by atoms with van der Waals surface area (Å²) in [5.41, 5.74) is -0.496. The number of carboxylic acid groups (broad SMARTS) is 1. The molecule has 0 atom stereocenters. The van der Waals surface area contributed by atoms with E-state index in [2.05, 4.69) is 5.32 Å². The van der Waals surface area contributed by atoms with Gasteiger partial charge in [-0.2, -0.15) is 0 Å². The Morgan fingerprint density at radius 2 is 2.00 bits per heavy atom. The number of carbonyl (C=O) groups is 2. The van der Waals surface area contributed by atoms with Crippen LogP contribution in [0.3, 0.4) is 0 Å². The van der Waals surface area contributed by atoms with Crippen LogP contribution in [0, 0.1) is 0 Å². The fourth-order valence-electron chi connectivity index (χ4n) is 2.22. The largest absolute Gasteiger partial charge is 0.481 e. The average Bonchev–Trinajstić information content (AvgIpc) is 2.21. The fourth-order valence-corrected chi connectivity index (χ4v) is 2.22. The first kappa shape index (κ1) is 13.8. The molecule has 0 aromatic carbocycles. The van der Waals surface area contributed by atoms with Gasteiger partial charge in [-0.3, -0.25) is 4.79 Å². The Kier molecular flexibility index (Phi) is 4.78. The lowest BCUT2D eigenvalue weighted by Crippen LogP contribution is -2.58. The molecule has 0 saturated heterocycles. The molecular formula is C12H22N2O3. The first-order valence-corrected chi connectivity index (χ1v) is 6.32. The van der Waals surface area contributed by atoms with Crippen molar-refractivity contribution in [2.24, 2.45) is 0 Å². The summed E-state index contributed by atoms with van der Waals surface area (Å²) < 4.78 is 0. The van der Waals surface area contributed by atoms with Gasteiger partial charge < -0.3 is 15.3 Å². The Bertz CT molecular complexity index is 287. The van der Waals surface area contributed by atoms with Crippen molar-refractivity contribution in [3.63, 3.8) is 0 Å². The van der Waals surface area contributed by atoms with Gasteiger partial charge in [0, 0.05) is 13.1 Å². The van der Waals surface area contributed by atoms with Gasteiger partial charge in [-0.25, -0.2) is 4.79 Å². The lowest BCUT2D eigenvalue weighted by Gasteiger charge is -2.42. The minimum absolute atomic E-state index is 0.0302. The SMILES string of the molecule is CCCN(CC)C(=O)NC1(CC(=O)O)CCC1. The zero-order valence-corrected chi connectivity index (χ0v) is 10.7. The summed E-state index contributed by atoms with van der Waals surface area (Å²) in [4.78, 5) is 24.5. The fraction of sp³-hybridized carbons (Fsp3) is 0.833. The van der Waals surface area contributed by atoms with Crippen LogP contribution in [0.25, 0.3) is 0 Å². The molecule has 1 aliphatic rings. The second-order valence-corrected chi connectivity index (χ2v) is 4.71. The highest BCUT2D eigenvalue weighted by atomic mass is 16.4. The van der Waals surface area contributed by atoms with Gasteiger partial charge in [0.1, 0.15) is 0 Å². The molecule has 1 fully saturated rings. The highest BCUT2D eigenvalue weighted by molar-refractivity contribution is 5.77. The van der Waals surface area contributed by atoms with E-state index in [-0.39, 0.29) is 12.5 Å². The summed E-state index contributed by atoms with van der Waals surface area (Å²) in [5, 5.41) is 11.8. The van der Waals surface area contributed by atoms with Crippen molar-refractivity contribution in [2.45, 2.75) is 51.5 Å². The Hall–Kier alpha value is -1.26. The van der Waals surface area contributed by atoms with Gasteiger partial charge in [0.2, 0.25) is 0 Å². The number of rotatable bonds is 6. The van der Waals surface area contributed by atoms with Gasteiger partial charge in [-0.1, -0.05) is 6.92 Å². The Balaban J connectivity index is 2.55. The van der Waals surface area contributed by atoms with Crippen LogP contribution < -0.4 is 5.32 Å². The summed E-state index contributed by atoms with van der Waals surface area (Å²) in [5.74, 6) is -0.844. The first-order chi connectivity index (χ1) is 8.03. The summed E-state index contributed by atoms with van der Waals surface area (Å²) in [6.45, 7) is 5.32. The van der Waals surface area contributed by atoms with Crippen LogP contribution >= 0.6 is 0 Å². The number of amides is 2. The maximum absolute atomic E-state index is 12.0. The Labute approximate surface area is 102 Å². The third-order valence-corrected chi connectivity index (χ3v) is 3.33. The van der Waals surface area contributed by atoms with Crippen LogP contribution in [-0.4, -0.2) is 40.6 Å². The van der Waals surface area contributed by atoms with Crippen LogP contribution in [-0.2, 0) is 4.79 Å². The molecule has 0 bridgehead atoms. The van der Waals surface area contributed by atoms with Crippen molar-refractivity contribution in [1.82, 2.24) is 10.2 Å². The smallest absolute Gasteiger partial charge is 0.317 e. The normalized spacial score (nSPS) is 17.1. The van der Waals surface area contributed by atoms with E-state index in [0.717, 1.165) is 25.7 Å². The van der Waals surface area contributed by atoms with E-state index in [1.165, 1.54) is 0 Å². The number of hydrogen-bond acceptors (Lipinski definition) is 2. The van der Waals surface area contributed by atoms with Crippen LogP contribution in [0.15, 0.2) is 0 Å². The average molecular weight is 242 g/mol. The molecule has 1 rings (SSSR count). The van der Waals surface area contributed by atoms with E-state index in [1.54, 1.807) is 4.90 Å². The van der Waals surface area contributed by atoms with Crippen LogP contribution in [0.4, 0.5) is 4.79 Å². The number of aliphatic carboxylic acids is 1. The maximum Gasteiger partial charge on any atom is 0.317 e. The monoisotopic (exact) mass is 242 g/mol. The molecule has 2 N–H and O–H groups in total. The molecule has 0 aromatic rings. The maximum atomic E-state index is 12.0. The first-order valence-electron chi connectivity index (χ1n) is 6.32. The zero-order valence-electron chi connectivity index (χ0n) is 10.7. The van der Waals surface area contributed by atoms with Gasteiger partial charge >= 0.3 is 12.0 Å². The van der Waals surface area contributed by atoms with E-state index in [9.17, 15) is 9.59 Å². The molecule has 0 aromatic heterocycles. The topological polar surface area (TPSA) is 69.6 Å². The second kappa shape index (κ2) is 5.89. The summed E-state index contributed by atoms with van der Waals surface area (Å²) in [7, 11) is 0. The number of urea groups is 1. The molecule has 0 heterocycles. The van der Waals surface area contributed by atoms with E-state index in [4.69, 9.17) is 5.11 Å². The number of carboxylic acids is 1. The van der Waals surface area contributed by atoms with Crippen LogP contribution in [0.5, 0.6) is 0 Å². The molecule has 0 aliphatic heterocycles. The van der Waals surface area contributed by atoms with Crippen LogP contribution in [0.1, 0.15) is 46.0 Å². The van der Waals surface area contributed by atoms with E-state index < -0.39 is 11.5 Å². The standard InChI is InChI=1S/C12H22N2O3/c1-3-8-14(4-2)11(17)13-12(6-5-7-12)9-10(15)16/h3-9H2,1-2H3,(H,13,17)(H,15,16). The Morgan fingerprint density at radius 3 is 2.35 bits per heavy atom. The molecule has 0 unspecified atom stereocenters. The van der Waals surface area contributed by atoms with E-state index in [0.29, 0.717) is 13.1 Å². The van der Waals surface area contributed by atoms with Crippen molar-refractivity contribution in [1.29, 1.82) is 0 Å². The van der Waals surface area contributed by atoms with Gasteiger partial charge in [0.05, 0.1) is 12.0 Å². The molecule has 5 heteroatoms. The van der Waals surface area contributed by atoms with Gasteiger partial charge in [-0.15, -0.1) is 0 Å². The molecule has 17 heavy (non-hydrogen) atoms. The van der Waals surface area contributed by atoms with Gasteiger partial charge in [0.25, 0.3) is 0 Å². The quantitative estimate of drug-likeness (QED) is 0.746. The molecule has 0 radical (unpaired) electrons. The van der Waals surface area contributed by atoms with Crippen molar-refractivity contribution in [2.75, 3.05) is 13.1 Å². The molecule has 0 spiro atoms. The lowest BCUT2D eigenvalue weighted by molar-refractivity contribution is -0.139. The molecule has 1 aliphatic carbocycles. The molecule has 5 nitrogen and oxygen atoms in total. The third-order valence-electron chi connectivity index (χ3n) is 3.33. The predicted molar refractivity (Wildman–Crippen MR) is 64.9 cm³/mol. The summed E-state index contributed by atoms with van der Waals surface area (Å²) in [6, 6.07) is -0.129. The van der Waals surface area contributed by atoms with Gasteiger partial charge in [-0.05, 0) is 32.6 Å². The molecule has 98 valence electrons. The van der Waals surface area contributed by atoms with E-state index in [1.807, 2.05) is 13.8 Å². The van der Waals surface area contributed by atoms with E-state index >= 15 is 0 Å². The molecule has 1 saturated carbocycles. The summed E-state index contributed by atoms with van der Waals surface area (Å²) in [6.07, 6.45) is 3.48. The lowest BCUT2D eigenvalue weighted by atomic mass is 9.74. The number of hydrogen-bond donors (Lipinski definition) is 2. The molecule has 2 amide bonds. The number of nitrogens with zero attached hydrogens (tertiary/aromatic N) is 1. The molecular weight excluding hydrogens is 220 g/mol. The highest BCUT2D eigenvalue weighted by Crippen LogP contribution is 2.35.